The van der Waals surface area contributed by atoms with Crippen molar-refractivity contribution in [1.29, 1.82) is 0 Å². The van der Waals surface area contributed by atoms with Gasteiger partial charge in [0.25, 0.3) is 11.7 Å². The Morgan fingerprint density at radius 1 is 1.19 bits per heavy atom. The summed E-state index contributed by atoms with van der Waals surface area (Å²) in [4.78, 5) is 21.7. The predicted molar refractivity (Wildman–Crippen MR) is 103 cm³/mol. The largest absolute Gasteiger partial charge is 0.354 e. The van der Waals surface area contributed by atoms with E-state index in [1.807, 2.05) is 12.1 Å². The van der Waals surface area contributed by atoms with Crippen molar-refractivity contribution < 1.29 is 13.6 Å². The fraction of sp³-hybridized carbons (Fsp3) is 0.368. The second kappa shape index (κ2) is 9.14. The summed E-state index contributed by atoms with van der Waals surface area (Å²) in [6, 6.07) is 10.0. The quantitative estimate of drug-likeness (QED) is 0.766. The molecule has 1 fully saturated rings. The summed E-state index contributed by atoms with van der Waals surface area (Å²) in [5.74, 6) is -1.78. The van der Waals surface area contributed by atoms with E-state index in [1.165, 1.54) is 12.1 Å². The van der Waals surface area contributed by atoms with Gasteiger partial charge in [-0.15, -0.1) is 0 Å². The normalized spacial score (nSPS) is 15.2. The molecule has 0 bridgehead atoms. The molecule has 1 aromatic heterocycles. The SMILES string of the molecule is CN1CCN(c2cc(CNC(=O)c3ccc(SC(F)F)cc3)ccn2)CC1. The summed E-state index contributed by atoms with van der Waals surface area (Å²) in [6.07, 6.45) is 1.76. The van der Waals surface area contributed by atoms with Gasteiger partial charge in [0.1, 0.15) is 5.82 Å². The number of carbonyl (C=O) groups is 1. The molecule has 1 saturated heterocycles. The van der Waals surface area contributed by atoms with Crippen LogP contribution in [0.2, 0.25) is 0 Å². The van der Waals surface area contributed by atoms with Crippen molar-refractivity contribution in [3.05, 3.63) is 53.7 Å². The van der Waals surface area contributed by atoms with Crippen molar-refractivity contribution in [1.82, 2.24) is 15.2 Å². The summed E-state index contributed by atoms with van der Waals surface area (Å²) in [5, 5.41) is 2.86. The van der Waals surface area contributed by atoms with Crippen molar-refractivity contribution in [2.75, 3.05) is 38.1 Å². The van der Waals surface area contributed by atoms with Gasteiger partial charge in [0.15, 0.2) is 0 Å². The maximum absolute atomic E-state index is 12.3. The lowest BCUT2D eigenvalue weighted by Gasteiger charge is -2.33. The van der Waals surface area contributed by atoms with E-state index in [9.17, 15) is 13.6 Å². The average molecular weight is 392 g/mol. The molecular formula is C19H22F2N4OS. The highest BCUT2D eigenvalue weighted by Crippen LogP contribution is 2.25. The van der Waals surface area contributed by atoms with E-state index in [1.54, 1.807) is 18.3 Å². The monoisotopic (exact) mass is 392 g/mol. The van der Waals surface area contributed by atoms with Crippen LogP contribution in [0.1, 0.15) is 15.9 Å². The fourth-order valence-corrected chi connectivity index (χ4v) is 3.35. The highest BCUT2D eigenvalue weighted by molar-refractivity contribution is 7.99. The Bertz CT molecular complexity index is 765. The Hall–Kier alpha value is -2.19. The summed E-state index contributed by atoms with van der Waals surface area (Å²) >= 11 is 0.465. The van der Waals surface area contributed by atoms with Crippen LogP contribution in [0.3, 0.4) is 0 Å². The van der Waals surface area contributed by atoms with Crippen molar-refractivity contribution in [3.8, 4) is 0 Å². The van der Waals surface area contributed by atoms with Crippen LogP contribution in [0.15, 0.2) is 47.5 Å². The minimum atomic E-state index is -2.47. The summed E-state index contributed by atoms with van der Waals surface area (Å²) in [7, 11) is 2.11. The zero-order valence-corrected chi connectivity index (χ0v) is 15.9. The Labute approximate surface area is 161 Å². The van der Waals surface area contributed by atoms with Crippen molar-refractivity contribution in [2.45, 2.75) is 17.2 Å². The highest BCUT2D eigenvalue weighted by atomic mass is 32.2. The molecule has 8 heteroatoms. The third-order valence-electron chi connectivity index (χ3n) is 4.43. The molecule has 0 saturated carbocycles. The molecule has 1 N–H and O–H groups in total. The van der Waals surface area contributed by atoms with Crippen LogP contribution in [0, 0.1) is 0 Å². The number of aromatic nitrogens is 1. The first-order chi connectivity index (χ1) is 13.0. The maximum atomic E-state index is 12.3. The number of nitrogens with zero attached hydrogens (tertiary/aromatic N) is 3. The van der Waals surface area contributed by atoms with Crippen LogP contribution in [-0.2, 0) is 6.54 Å². The Morgan fingerprint density at radius 3 is 2.56 bits per heavy atom. The smallest absolute Gasteiger partial charge is 0.288 e. The Kier molecular flexibility index (Phi) is 6.63. The van der Waals surface area contributed by atoms with Gasteiger partial charge in [0.2, 0.25) is 0 Å². The minimum absolute atomic E-state index is 0.235. The van der Waals surface area contributed by atoms with Crippen LogP contribution in [0.4, 0.5) is 14.6 Å². The number of halogens is 2. The summed E-state index contributed by atoms with van der Waals surface area (Å²) in [6.45, 7) is 4.26. The molecule has 0 radical (unpaired) electrons. The van der Waals surface area contributed by atoms with Gasteiger partial charge in [0, 0.05) is 49.4 Å². The predicted octanol–water partition coefficient (Wildman–Crippen LogP) is 3.08. The standard InChI is InChI=1S/C19H22F2N4OS/c1-24-8-10-25(11-9-24)17-12-14(6-7-22-17)13-23-18(26)15-2-4-16(5-3-15)27-19(20)21/h2-7,12,19H,8-11,13H2,1H3,(H,23,26). The molecule has 0 atom stereocenters. The van der Waals surface area contributed by atoms with Gasteiger partial charge in [-0.3, -0.25) is 4.79 Å². The van der Waals surface area contributed by atoms with E-state index >= 15 is 0 Å². The van der Waals surface area contributed by atoms with Crippen LogP contribution >= 0.6 is 11.8 Å². The topological polar surface area (TPSA) is 48.5 Å². The van der Waals surface area contributed by atoms with E-state index in [0.717, 1.165) is 37.6 Å². The molecule has 144 valence electrons. The van der Waals surface area contributed by atoms with E-state index in [0.29, 0.717) is 28.8 Å². The first kappa shape index (κ1) is 19.6. The van der Waals surface area contributed by atoms with Gasteiger partial charge < -0.3 is 15.1 Å². The summed E-state index contributed by atoms with van der Waals surface area (Å²) in [5.41, 5.74) is 1.42. The lowest BCUT2D eigenvalue weighted by molar-refractivity contribution is 0.0951. The van der Waals surface area contributed by atoms with Crippen molar-refractivity contribution in [3.63, 3.8) is 0 Å². The lowest BCUT2D eigenvalue weighted by atomic mass is 10.2. The number of hydrogen-bond donors (Lipinski definition) is 1. The van der Waals surface area contributed by atoms with E-state index in [2.05, 4.69) is 27.1 Å². The number of thioether (sulfide) groups is 1. The number of pyridine rings is 1. The number of piperazine rings is 1. The lowest BCUT2D eigenvalue weighted by Crippen LogP contribution is -2.44. The van der Waals surface area contributed by atoms with Gasteiger partial charge in [-0.05, 0) is 49.0 Å². The number of hydrogen-bond acceptors (Lipinski definition) is 5. The van der Waals surface area contributed by atoms with Gasteiger partial charge in [-0.2, -0.15) is 8.78 Å². The van der Waals surface area contributed by atoms with E-state index < -0.39 is 5.76 Å². The fourth-order valence-electron chi connectivity index (χ4n) is 2.85. The number of alkyl halides is 2. The number of likely N-dealkylation sites (N-methyl/N-ethyl adjacent to an activating group) is 1. The van der Waals surface area contributed by atoms with Crippen molar-refractivity contribution >= 4 is 23.5 Å². The van der Waals surface area contributed by atoms with Crippen LogP contribution in [0.25, 0.3) is 0 Å². The van der Waals surface area contributed by atoms with E-state index in [4.69, 9.17) is 0 Å². The maximum Gasteiger partial charge on any atom is 0.288 e. The number of anilines is 1. The van der Waals surface area contributed by atoms with Gasteiger partial charge in [-0.1, -0.05) is 11.8 Å². The van der Waals surface area contributed by atoms with Crippen LogP contribution in [-0.4, -0.2) is 54.8 Å². The van der Waals surface area contributed by atoms with Crippen molar-refractivity contribution in [2.24, 2.45) is 0 Å². The number of benzene rings is 1. The first-order valence-electron chi connectivity index (χ1n) is 8.73. The summed E-state index contributed by atoms with van der Waals surface area (Å²) < 4.78 is 24.7. The molecule has 1 aromatic carbocycles. The average Bonchev–Trinajstić information content (AvgIpc) is 2.67. The molecule has 2 heterocycles. The van der Waals surface area contributed by atoms with Gasteiger partial charge in [0.05, 0.1) is 0 Å². The third kappa shape index (κ3) is 5.64. The number of rotatable bonds is 6. The Balaban J connectivity index is 1.56. The molecule has 0 unspecified atom stereocenters. The van der Waals surface area contributed by atoms with Gasteiger partial charge >= 0.3 is 0 Å². The minimum Gasteiger partial charge on any atom is -0.354 e. The molecule has 2 aromatic rings. The number of nitrogens with one attached hydrogen (secondary N) is 1. The third-order valence-corrected chi connectivity index (χ3v) is 5.15. The second-order valence-electron chi connectivity index (χ2n) is 6.40. The number of amides is 1. The first-order valence-corrected chi connectivity index (χ1v) is 9.61. The van der Waals surface area contributed by atoms with Gasteiger partial charge in [-0.25, -0.2) is 4.98 Å². The zero-order valence-electron chi connectivity index (χ0n) is 15.1. The highest BCUT2D eigenvalue weighted by Gasteiger charge is 2.15. The zero-order chi connectivity index (χ0) is 19.2. The molecule has 3 rings (SSSR count). The van der Waals surface area contributed by atoms with Crippen LogP contribution < -0.4 is 10.2 Å². The van der Waals surface area contributed by atoms with Crippen LogP contribution in [0.5, 0.6) is 0 Å². The molecule has 1 aliphatic heterocycles. The molecule has 0 spiro atoms. The molecule has 0 aliphatic carbocycles. The second-order valence-corrected chi connectivity index (χ2v) is 7.46. The molecule has 5 nitrogen and oxygen atoms in total. The molecular weight excluding hydrogens is 370 g/mol. The molecule has 27 heavy (non-hydrogen) atoms. The van der Waals surface area contributed by atoms with E-state index in [-0.39, 0.29) is 5.91 Å². The molecule has 1 aliphatic rings. The molecule has 1 amide bonds. The Morgan fingerprint density at radius 2 is 1.89 bits per heavy atom. The number of carbonyl (C=O) groups excluding carboxylic acids is 1.